The number of imidazole rings is 1. The first-order chi connectivity index (χ1) is 17.9. The van der Waals surface area contributed by atoms with Crippen LogP contribution >= 0.6 is 0 Å². The van der Waals surface area contributed by atoms with E-state index >= 15 is 0 Å². The number of ether oxygens (including phenoxy) is 1. The fraction of sp³-hybridized carbons (Fsp3) is 0.483. The molecule has 2 N–H and O–H groups in total. The molecule has 8 nitrogen and oxygen atoms in total. The minimum Gasteiger partial charge on any atom is -0.481 e. The van der Waals surface area contributed by atoms with Crippen LogP contribution in [0.25, 0.3) is 11.0 Å². The van der Waals surface area contributed by atoms with Crippen LogP contribution in [0.3, 0.4) is 0 Å². The molecule has 1 unspecified atom stereocenters. The number of fused-ring (bicyclic) bond motifs is 3. The van der Waals surface area contributed by atoms with Gasteiger partial charge in [-0.2, -0.15) is 0 Å². The number of aryl methyl sites for hydroxylation is 1. The number of carboxylic acids is 1. The van der Waals surface area contributed by atoms with Gasteiger partial charge >= 0.3 is 12.1 Å². The van der Waals surface area contributed by atoms with Crippen molar-refractivity contribution in [3.63, 3.8) is 0 Å². The van der Waals surface area contributed by atoms with E-state index in [0.29, 0.717) is 0 Å². The van der Waals surface area contributed by atoms with Crippen LogP contribution in [0.5, 0.6) is 0 Å². The number of aliphatic hydroxyl groups excluding tert-OH is 1. The van der Waals surface area contributed by atoms with Gasteiger partial charge in [0.25, 0.3) is 0 Å². The predicted molar refractivity (Wildman–Crippen MR) is 141 cm³/mol. The van der Waals surface area contributed by atoms with Gasteiger partial charge in [0, 0.05) is 30.7 Å². The second-order valence-corrected chi connectivity index (χ2v) is 10.4. The normalized spacial score (nSPS) is 22.5. The molecule has 2 aromatic carbocycles. The summed E-state index contributed by atoms with van der Waals surface area (Å²) in [6.07, 6.45) is 5.25. The van der Waals surface area contributed by atoms with Crippen molar-refractivity contribution in [3.05, 3.63) is 59.4 Å². The predicted octanol–water partition coefficient (Wildman–Crippen LogP) is 5.08. The SMILES string of the molecule is COC(=O)N1c2ccc3c(nc(CC(C(=O)O)c4ccccc4)n3[C@H]3CCC[C@H](CO)C3)c2CC[C@@H]1C. The first-order valence-corrected chi connectivity index (χ1v) is 13.2. The summed E-state index contributed by atoms with van der Waals surface area (Å²) in [4.78, 5) is 31.8. The van der Waals surface area contributed by atoms with Gasteiger partial charge < -0.3 is 19.5 Å². The summed E-state index contributed by atoms with van der Waals surface area (Å²) in [6, 6.07) is 13.4. The van der Waals surface area contributed by atoms with Gasteiger partial charge in [0.15, 0.2) is 0 Å². The Kier molecular flexibility index (Phi) is 7.20. The lowest BCUT2D eigenvalue weighted by Crippen LogP contribution is -2.42. The Bertz CT molecular complexity index is 1290. The Morgan fingerprint density at radius 2 is 1.92 bits per heavy atom. The maximum Gasteiger partial charge on any atom is 0.414 e. The van der Waals surface area contributed by atoms with E-state index in [1.165, 1.54) is 7.11 Å². The number of carbonyl (C=O) groups is 2. The molecule has 1 fully saturated rings. The van der Waals surface area contributed by atoms with Crippen molar-refractivity contribution in [1.29, 1.82) is 0 Å². The van der Waals surface area contributed by atoms with E-state index in [1.54, 1.807) is 4.90 Å². The van der Waals surface area contributed by atoms with Gasteiger partial charge in [-0.25, -0.2) is 9.78 Å². The quantitative estimate of drug-likeness (QED) is 0.484. The van der Waals surface area contributed by atoms with Gasteiger partial charge in [-0.15, -0.1) is 0 Å². The molecular formula is C29H35N3O5. The second-order valence-electron chi connectivity index (χ2n) is 10.4. The number of aliphatic hydroxyl groups is 1. The number of hydrogen-bond acceptors (Lipinski definition) is 5. The van der Waals surface area contributed by atoms with E-state index in [2.05, 4.69) is 4.57 Å². The number of anilines is 1. The summed E-state index contributed by atoms with van der Waals surface area (Å²) in [5.74, 6) is -0.640. The molecule has 196 valence electrons. The molecular weight excluding hydrogens is 470 g/mol. The standard InChI is InChI=1S/C29H35N3O5/c1-18-11-12-22-24(31(18)29(36)37-2)13-14-25-27(22)30-26(32(25)21-10-6-7-19(15-21)17-33)16-23(28(34)35)20-8-4-3-5-9-20/h3-5,8-9,13-14,18-19,21,23,33H,6-7,10-12,15-17H2,1-2H3,(H,34,35)/t18-,19-,21-,23?/m0/s1. The largest absolute Gasteiger partial charge is 0.481 e. The number of hydrogen-bond donors (Lipinski definition) is 2. The fourth-order valence-electron chi connectivity index (χ4n) is 6.25. The average Bonchev–Trinajstić information content (AvgIpc) is 3.30. The maximum atomic E-state index is 12.6. The topological polar surface area (TPSA) is 105 Å². The number of nitrogens with zero attached hydrogens (tertiary/aromatic N) is 3. The lowest BCUT2D eigenvalue weighted by atomic mass is 9.85. The first kappa shape index (κ1) is 25.3. The zero-order valence-corrected chi connectivity index (χ0v) is 21.5. The van der Waals surface area contributed by atoms with E-state index in [-0.39, 0.29) is 37.1 Å². The zero-order chi connectivity index (χ0) is 26.1. The Labute approximate surface area is 216 Å². The molecule has 5 rings (SSSR count). The maximum absolute atomic E-state index is 12.6. The molecule has 2 aliphatic rings. The molecule has 1 saturated carbocycles. The Balaban J connectivity index is 1.66. The summed E-state index contributed by atoms with van der Waals surface area (Å²) in [5, 5.41) is 20.1. The number of amides is 1. The summed E-state index contributed by atoms with van der Waals surface area (Å²) < 4.78 is 7.31. The molecule has 0 bridgehead atoms. The Hall–Kier alpha value is -3.39. The van der Waals surface area contributed by atoms with Gasteiger partial charge in [0.1, 0.15) is 5.82 Å². The number of carboxylic acid groups (broad SMARTS) is 1. The van der Waals surface area contributed by atoms with Crippen molar-refractivity contribution in [1.82, 2.24) is 9.55 Å². The molecule has 1 amide bonds. The van der Waals surface area contributed by atoms with Crippen LogP contribution in [0.4, 0.5) is 10.5 Å². The summed E-state index contributed by atoms with van der Waals surface area (Å²) in [7, 11) is 1.39. The highest BCUT2D eigenvalue weighted by Crippen LogP contribution is 2.41. The van der Waals surface area contributed by atoms with Crippen LogP contribution in [0, 0.1) is 5.92 Å². The van der Waals surface area contributed by atoms with Crippen molar-refractivity contribution >= 4 is 28.8 Å². The Morgan fingerprint density at radius 3 is 2.62 bits per heavy atom. The van der Waals surface area contributed by atoms with Crippen LogP contribution in [0.2, 0.25) is 0 Å². The average molecular weight is 506 g/mol. The lowest BCUT2D eigenvalue weighted by Gasteiger charge is -2.34. The molecule has 1 aliphatic carbocycles. The number of carbonyl (C=O) groups excluding carboxylic acids is 1. The van der Waals surface area contributed by atoms with Crippen molar-refractivity contribution in [3.8, 4) is 0 Å². The van der Waals surface area contributed by atoms with Gasteiger partial charge in [-0.1, -0.05) is 36.8 Å². The van der Waals surface area contributed by atoms with Crippen molar-refractivity contribution in [2.24, 2.45) is 5.92 Å². The minimum atomic E-state index is -0.880. The number of aromatic nitrogens is 2. The summed E-state index contributed by atoms with van der Waals surface area (Å²) >= 11 is 0. The molecule has 3 aromatic rings. The first-order valence-electron chi connectivity index (χ1n) is 13.2. The van der Waals surface area contributed by atoms with Gasteiger partial charge in [-0.05, 0) is 62.6 Å². The molecule has 37 heavy (non-hydrogen) atoms. The highest BCUT2D eigenvalue weighted by Gasteiger charge is 2.34. The number of rotatable bonds is 6. The van der Waals surface area contributed by atoms with Crippen LogP contribution in [-0.2, 0) is 22.4 Å². The minimum absolute atomic E-state index is 0.0112. The van der Waals surface area contributed by atoms with E-state index in [9.17, 15) is 19.8 Å². The van der Waals surface area contributed by atoms with Crippen LogP contribution in [0.1, 0.15) is 67.9 Å². The van der Waals surface area contributed by atoms with Crippen LogP contribution < -0.4 is 4.90 Å². The monoisotopic (exact) mass is 505 g/mol. The molecule has 0 spiro atoms. The third-order valence-electron chi connectivity index (χ3n) is 8.16. The number of aliphatic carboxylic acids is 1. The fourth-order valence-corrected chi connectivity index (χ4v) is 6.25. The molecule has 4 atom stereocenters. The van der Waals surface area contributed by atoms with Crippen molar-refractivity contribution < 1.29 is 24.5 Å². The number of methoxy groups -OCH3 is 1. The smallest absolute Gasteiger partial charge is 0.414 e. The summed E-state index contributed by atoms with van der Waals surface area (Å²) in [5.41, 5.74) is 4.36. The van der Waals surface area contributed by atoms with Gasteiger partial charge in [0.2, 0.25) is 0 Å². The van der Waals surface area contributed by atoms with Crippen molar-refractivity contribution in [2.45, 2.75) is 69.9 Å². The third kappa shape index (κ3) is 4.70. The molecule has 1 aliphatic heterocycles. The van der Waals surface area contributed by atoms with E-state index in [4.69, 9.17) is 9.72 Å². The van der Waals surface area contributed by atoms with Gasteiger partial charge in [0.05, 0.1) is 29.7 Å². The molecule has 0 saturated heterocycles. The third-order valence-corrected chi connectivity index (χ3v) is 8.16. The van der Waals surface area contributed by atoms with E-state index in [1.807, 2.05) is 49.4 Å². The van der Waals surface area contributed by atoms with E-state index < -0.39 is 11.9 Å². The van der Waals surface area contributed by atoms with Crippen LogP contribution in [-0.4, -0.2) is 51.6 Å². The summed E-state index contributed by atoms with van der Waals surface area (Å²) in [6.45, 7) is 2.17. The molecule has 8 heteroatoms. The highest BCUT2D eigenvalue weighted by atomic mass is 16.5. The zero-order valence-electron chi connectivity index (χ0n) is 21.5. The number of benzene rings is 2. The Morgan fingerprint density at radius 1 is 1.14 bits per heavy atom. The molecule has 1 aromatic heterocycles. The second kappa shape index (κ2) is 10.5. The molecule has 0 radical (unpaired) electrons. The highest BCUT2D eigenvalue weighted by molar-refractivity contribution is 5.95. The van der Waals surface area contributed by atoms with Gasteiger partial charge in [-0.3, -0.25) is 9.69 Å². The van der Waals surface area contributed by atoms with E-state index in [0.717, 1.165) is 72.2 Å². The lowest BCUT2D eigenvalue weighted by molar-refractivity contribution is -0.138. The van der Waals surface area contributed by atoms with Crippen molar-refractivity contribution in [2.75, 3.05) is 18.6 Å². The molecule has 2 heterocycles. The van der Waals surface area contributed by atoms with Crippen LogP contribution in [0.15, 0.2) is 42.5 Å².